The van der Waals surface area contributed by atoms with Crippen LogP contribution in [0.2, 0.25) is 13.3 Å². The van der Waals surface area contributed by atoms with Crippen LogP contribution in [0, 0.1) is 0 Å². The van der Waals surface area contributed by atoms with E-state index in [-0.39, 0.29) is 0 Å². The van der Waals surface area contributed by atoms with Gasteiger partial charge in [-0.15, -0.1) is 0 Å². The van der Waals surface area contributed by atoms with Crippen LogP contribution < -0.4 is 9.47 Å². The van der Waals surface area contributed by atoms with Gasteiger partial charge in [0.1, 0.15) is 0 Å². The van der Waals surface area contributed by atoms with Gasteiger partial charge in [-0.3, -0.25) is 0 Å². The number of nitrogens with zero attached hydrogens (tertiary/aromatic N) is 1. The van der Waals surface area contributed by atoms with E-state index in [9.17, 15) is 4.79 Å². The van der Waals surface area contributed by atoms with Crippen LogP contribution in [0.1, 0.15) is 64.9 Å². The number of ether oxygens (including phenoxy) is 2. The summed E-state index contributed by atoms with van der Waals surface area (Å²) in [6.07, 6.45) is 9.78. The molecule has 166 valence electrons. The molecule has 1 amide bonds. The fourth-order valence-electron chi connectivity index (χ4n) is 4.18. The number of methoxy groups -OCH3 is 2. The minimum atomic E-state index is -2.35. The fourth-order valence-corrected chi connectivity index (χ4v) is 20.2. The van der Waals surface area contributed by atoms with Gasteiger partial charge in [-0.2, -0.15) is 0 Å². The molecule has 1 rings (SSSR count). The summed E-state index contributed by atoms with van der Waals surface area (Å²) in [5.41, 5.74) is 1.19. The molecule has 1 aromatic carbocycles. The van der Waals surface area contributed by atoms with Gasteiger partial charge in [-0.05, 0) is 0 Å². The van der Waals surface area contributed by atoms with Gasteiger partial charge in [-0.25, -0.2) is 0 Å². The summed E-state index contributed by atoms with van der Waals surface area (Å²) in [4.78, 5) is 14.1. The number of hydrogen-bond acceptors (Lipinski definition) is 3. The number of benzene rings is 1. The Labute approximate surface area is 183 Å². The second kappa shape index (κ2) is 15.0. The van der Waals surface area contributed by atoms with E-state index in [1.54, 1.807) is 14.2 Å². The second-order valence-corrected chi connectivity index (χ2v) is 22.1. The van der Waals surface area contributed by atoms with Gasteiger partial charge in [0.2, 0.25) is 0 Å². The van der Waals surface area contributed by atoms with Gasteiger partial charge in [0.15, 0.2) is 0 Å². The van der Waals surface area contributed by atoms with Crippen LogP contribution in [0.4, 0.5) is 0 Å². The first-order valence-electron chi connectivity index (χ1n) is 11.5. The van der Waals surface area contributed by atoms with Crippen LogP contribution in [0.25, 0.3) is 0 Å². The molecule has 0 saturated carbocycles. The van der Waals surface area contributed by atoms with Gasteiger partial charge < -0.3 is 0 Å². The van der Waals surface area contributed by atoms with Crippen molar-refractivity contribution in [3.63, 3.8) is 0 Å². The minimum absolute atomic E-state index is 0.748. The number of amides is 1. The van der Waals surface area contributed by atoms with Gasteiger partial charge >= 0.3 is 184 Å². The van der Waals surface area contributed by atoms with E-state index in [0.29, 0.717) is 0 Å². The molecule has 0 aromatic heterocycles. The molecule has 4 nitrogen and oxygen atoms in total. The molecule has 0 atom stereocenters. The zero-order valence-corrected chi connectivity index (χ0v) is 22.3. The third-order valence-corrected chi connectivity index (χ3v) is 21.2. The first-order chi connectivity index (χ1) is 14.1. The Morgan fingerprint density at radius 2 is 1.45 bits per heavy atom. The SMILES string of the molecule is CCC[CH2][Sn]([CH2]CCC)([CH2]CCC)[CH2]N(C=O)CCc1ccc(OC)c(OC)c1. The first-order valence-corrected chi connectivity index (χ1v) is 19.6. The molecule has 0 unspecified atom stereocenters. The van der Waals surface area contributed by atoms with Crippen LogP contribution >= 0.6 is 0 Å². The van der Waals surface area contributed by atoms with E-state index in [0.717, 1.165) is 35.4 Å². The maximum absolute atomic E-state index is 12.0. The molecular formula is C24H43NO3Sn. The van der Waals surface area contributed by atoms with Crippen molar-refractivity contribution in [3.05, 3.63) is 23.8 Å². The molecule has 0 N–H and O–H groups in total. The summed E-state index contributed by atoms with van der Waals surface area (Å²) in [6, 6.07) is 6.06. The normalized spacial score (nSPS) is 11.3. The van der Waals surface area contributed by atoms with Crippen molar-refractivity contribution >= 4 is 24.8 Å². The van der Waals surface area contributed by atoms with E-state index in [1.165, 1.54) is 57.4 Å². The van der Waals surface area contributed by atoms with Gasteiger partial charge in [0.05, 0.1) is 0 Å². The van der Waals surface area contributed by atoms with Gasteiger partial charge in [0, 0.05) is 0 Å². The number of carbonyl (C=O) groups excluding carboxylic acids is 1. The van der Waals surface area contributed by atoms with E-state index < -0.39 is 18.4 Å². The molecule has 1 aromatic rings. The molecule has 29 heavy (non-hydrogen) atoms. The second-order valence-electron chi connectivity index (χ2n) is 8.33. The molecule has 0 aliphatic rings. The molecule has 0 aliphatic heterocycles. The van der Waals surface area contributed by atoms with Crippen molar-refractivity contribution in [2.75, 3.05) is 25.3 Å². The predicted octanol–water partition coefficient (Wildman–Crippen LogP) is 6.09. The summed E-state index contributed by atoms with van der Waals surface area (Å²) in [6.45, 7) is 7.68. The van der Waals surface area contributed by atoms with Crippen molar-refractivity contribution in [1.29, 1.82) is 0 Å². The molecule has 0 aliphatic carbocycles. The molecule has 0 bridgehead atoms. The number of carbonyl (C=O) groups is 1. The van der Waals surface area contributed by atoms with Crippen molar-refractivity contribution < 1.29 is 14.3 Å². The monoisotopic (exact) mass is 513 g/mol. The molecule has 0 spiro atoms. The molecule has 0 radical (unpaired) electrons. The topological polar surface area (TPSA) is 38.8 Å². The molecular weight excluding hydrogens is 469 g/mol. The van der Waals surface area contributed by atoms with Crippen molar-refractivity contribution in [3.8, 4) is 11.5 Å². The summed E-state index contributed by atoms with van der Waals surface area (Å²) >= 11 is -2.35. The third kappa shape index (κ3) is 9.18. The fraction of sp³-hybridized carbons (Fsp3) is 0.708. The Balaban J connectivity index is 2.86. The average molecular weight is 512 g/mol. The van der Waals surface area contributed by atoms with Crippen LogP contribution in [-0.4, -0.2) is 55.0 Å². The van der Waals surface area contributed by atoms with E-state index in [2.05, 4.69) is 31.7 Å². The third-order valence-electron chi connectivity index (χ3n) is 6.01. The van der Waals surface area contributed by atoms with Crippen LogP contribution in [-0.2, 0) is 11.2 Å². The zero-order chi connectivity index (χ0) is 21.5. The van der Waals surface area contributed by atoms with Gasteiger partial charge in [0.25, 0.3) is 0 Å². The Hall–Kier alpha value is -0.911. The summed E-state index contributed by atoms with van der Waals surface area (Å²) < 4.78 is 16.2. The number of unbranched alkanes of at least 4 members (excludes halogenated alkanes) is 3. The number of rotatable bonds is 17. The summed E-state index contributed by atoms with van der Waals surface area (Å²) in [5.74, 6) is 1.50. The Bertz CT molecular complexity index is 557. The average Bonchev–Trinajstić information content (AvgIpc) is 2.76. The molecule has 5 heteroatoms. The van der Waals surface area contributed by atoms with E-state index in [4.69, 9.17) is 9.47 Å². The quantitative estimate of drug-likeness (QED) is 0.187. The van der Waals surface area contributed by atoms with E-state index >= 15 is 0 Å². The first kappa shape index (κ1) is 26.1. The predicted molar refractivity (Wildman–Crippen MR) is 126 cm³/mol. The van der Waals surface area contributed by atoms with Crippen molar-refractivity contribution in [2.24, 2.45) is 0 Å². The van der Waals surface area contributed by atoms with Crippen molar-refractivity contribution in [1.82, 2.24) is 4.90 Å². The zero-order valence-electron chi connectivity index (χ0n) is 19.5. The van der Waals surface area contributed by atoms with Crippen LogP contribution in [0.3, 0.4) is 0 Å². The molecule has 0 heterocycles. The Kier molecular flexibility index (Phi) is 13.5. The summed E-state index contributed by atoms with van der Waals surface area (Å²) in [5, 5.41) is 0. The number of hydrogen-bond donors (Lipinski definition) is 0. The van der Waals surface area contributed by atoms with E-state index in [1.807, 2.05) is 12.1 Å². The molecule has 0 saturated heterocycles. The standard InChI is InChI=1S/C12H16NO3.3C4H9.Sn/c1-13(9-14)7-6-10-4-5-11(15-2)12(8-10)16-3;3*1-3-4-2;/h4-5,8-9H,1,6-7H2,2-3H3;3*1,3-4H2,2H3;. The van der Waals surface area contributed by atoms with Crippen LogP contribution in [0.5, 0.6) is 11.5 Å². The van der Waals surface area contributed by atoms with Crippen LogP contribution in [0.15, 0.2) is 18.2 Å². The Morgan fingerprint density at radius 3 is 1.90 bits per heavy atom. The molecule has 0 fully saturated rings. The maximum atomic E-state index is 12.0. The summed E-state index contributed by atoms with van der Waals surface area (Å²) in [7, 11) is 3.32. The van der Waals surface area contributed by atoms with Crippen molar-refractivity contribution in [2.45, 2.75) is 79.0 Å². The van der Waals surface area contributed by atoms with Gasteiger partial charge in [-0.1, -0.05) is 0 Å². The Morgan fingerprint density at radius 1 is 0.897 bits per heavy atom.